The molecule has 0 unspecified atom stereocenters. The van der Waals surface area contributed by atoms with Crippen LogP contribution in [0.25, 0.3) is 0 Å². The molecule has 0 amide bonds. The summed E-state index contributed by atoms with van der Waals surface area (Å²) < 4.78 is 11.2. The van der Waals surface area contributed by atoms with Crippen LogP contribution >= 0.6 is 0 Å². The average Bonchev–Trinajstić information content (AvgIpc) is 2.69. The largest absolute Gasteiger partial charge is 0.462 e. The standard InChI is InChI=1S/C18H27N7O2/c1-23-13-16-17(25(14-23)12-15-3-2-4-19-11-15)21-22-18(20-16)27-10-7-24-5-8-26-9-6-24/h2-4,11,21H,5-10,12-14H2,1H3,(H,20,22). The second-order valence-corrected chi connectivity index (χ2v) is 6.98. The number of amidine groups is 1. The highest BCUT2D eigenvalue weighted by Crippen LogP contribution is 2.21. The molecule has 0 bridgehead atoms. The van der Waals surface area contributed by atoms with Crippen molar-refractivity contribution in [1.82, 2.24) is 30.5 Å². The van der Waals surface area contributed by atoms with E-state index in [4.69, 9.17) is 9.47 Å². The van der Waals surface area contributed by atoms with Crippen molar-refractivity contribution in [3.8, 4) is 0 Å². The van der Waals surface area contributed by atoms with Crippen molar-refractivity contribution in [2.24, 2.45) is 4.99 Å². The van der Waals surface area contributed by atoms with Gasteiger partial charge < -0.3 is 14.4 Å². The summed E-state index contributed by atoms with van der Waals surface area (Å²) >= 11 is 0. The van der Waals surface area contributed by atoms with Crippen LogP contribution < -0.4 is 10.9 Å². The van der Waals surface area contributed by atoms with Crippen molar-refractivity contribution >= 4 is 6.02 Å². The van der Waals surface area contributed by atoms with E-state index >= 15 is 0 Å². The van der Waals surface area contributed by atoms with Crippen LogP contribution in [0.1, 0.15) is 5.56 Å². The average molecular weight is 373 g/mol. The van der Waals surface area contributed by atoms with Crippen LogP contribution in [0.3, 0.4) is 0 Å². The van der Waals surface area contributed by atoms with Crippen molar-refractivity contribution in [2.75, 3.05) is 59.7 Å². The fraction of sp³-hybridized carbons (Fsp3) is 0.556. The van der Waals surface area contributed by atoms with E-state index in [2.05, 4.69) is 48.6 Å². The summed E-state index contributed by atoms with van der Waals surface area (Å²) in [6, 6.07) is 4.57. The van der Waals surface area contributed by atoms with Gasteiger partial charge >= 0.3 is 6.02 Å². The molecule has 0 atom stereocenters. The number of nitrogens with zero attached hydrogens (tertiary/aromatic N) is 5. The third-order valence-corrected chi connectivity index (χ3v) is 4.79. The third kappa shape index (κ3) is 4.68. The first-order chi connectivity index (χ1) is 13.3. The van der Waals surface area contributed by atoms with Gasteiger partial charge in [-0.1, -0.05) is 6.07 Å². The summed E-state index contributed by atoms with van der Waals surface area (Å²) in [5.41, 5.74) is 8.50. The first kappa shape index (κ1) is 18.0. The Bertz CT molecular complexity index is 688. The summed E-state index contributed by atoms with van der Waals surface area (Å²) in [4.78, 5) is 15.7. The minimum absolute atomic E-state index is 0.527. The highest BCUT2D eigenvalue weighted by molar-refractivity contribution is 5.75. The minimum Gasteiger partial charge on any atom is -0.462 e. The maximum Gasteiger partial charge on any atom is 0.309 e. The Morgan fingerprint density at radius 3 is 2.96 bits per heavy atom. The van der Waals surface area contributed by atoms with Gasteiger partial charge in [-0.25, -0.2) is 0 Å². The van der Waals surface area contributed by atoms with Crippen molar-refractivity contribution in [3.63, 3.8) is 0 Å². The highest BCUT2D eigenvalue weighted by Gasteiger charge is 2.27. The maximum absolute atomic E-state index is 5.84. The van der Waals surface area contributed by atoms with Gasteiger partial charge in [0.05, 0.1) is 19.9 Å². The van der Waals surface area contributed by atoms with Crippen molar-refractivity contribution in [1.29, 1.82) is 0 Å². The SMILES string of the molecule is CN1CC2=C(NNC(OCCN3CCOCC3)=N2)N(Cc2cccnc2)C1. The van der Waals surface area contributed by atoms with Gasteiger partial charge in [0, 0.05) is 45.1 Å². The van der Waals surface area contributed by atoms with Crippen LogP contribution in [-0.2, 0) is 16.0 Å². The molecule has 0 radical (unpaired) electrons. The first-order valence-corrected chi connectivity index (χ1v) is 9.37. The number of rotatable bonds is 5. The number of hydrogen-bond donors (Lipinski definition) is 2. The molecule has 3 aliphatic heterocycles. The first-order valence-electron chi connectivity index (χ1n) is 9.37. The molecule has 1 aromatic heterocycles. The second-order valence-electron chi connectivity index (χ2n) is 6.98. The molecule has 4 heterocycles. The smallest absolute Gasteiger partial charge is 0.309 e. The van der Waals surface area contributed by atoms with Gasteiger partial charge in [0.1, 0.15) is 18.1 Å². The molecule has 1 fully saturated rings. The Morgan fingerprint density at radius 2 is 2.15 bits per heavy atom. The zero-order chi connectivity index (χ0) is 18.5. The predicted octanol–water partition coefficient (Wildman–Crippen LogP) is -0.232. The molecular weight excluding hydrogens is 346 g/mol. The Balaban J connectivity index is 1.37. The van der Waals surface area contributed by atoms with E-state index in [-0.39, 0.29) is 0 Å². The summed E-state index contributed by atoms with van der Waals surface area (Å²) in [7, 11) is 2.09. The number of likely N-dealkylation sites (N-methyl/N-ethyl adjacent to an activating group) is 1. The van der Waals surface area contributed by atoms with E-state index in [1.165, 1.54) is 0 Å². The molecule has 0 saturated carbocycles. The summed E-state index contributed by atoms with van der Waals surface area (Å²) in [5, 5.41) is 0. The fourth-order valence-electron chi connectivity index (χ4n) is 3.43. The van der Waals surface area contributed by atoms with E-state index in [9.17, 15) is 0 Å². The summed E-state index contributed by atoms with van der Waals surface area (Å²) in [6.07, 6.45) is 3.69. The molecule has 9 nitrogen and oxygen atoms in total. The third-order valence-electron chi connectivity index (χ3n) is 4.79. The van der Waals surface area contributed by atoms with Gasteiger partial charge in [0.25, 0.3) is 0 Å². The number of pyridine rings is 1. The van der Waals surface area contributed by atoms with Gasteiger partial charge in [-0.15, -0.1) is 0 Å². The number of hydrazine groups is 1. The molecule has 2 N–H and O–H groups in total. The molecular formula is C18H27N7O2. The molecule has 1 aromatic rings. The lowest BCUT2D eigenvalue weighted by molar-refractivity contribution is 0.0310. The molecule has 1 saturated heterocycles. The molecule has 0 aromatic carbocycles. The number of aromatic nitrogens is 1. The molecule has 9 heteroatoms. The molecule has 4 rings (SSSR count). The van der Waals surface area contributed by atoms with Gasteiger partial charge in [-0.2, -0.15) is 4.99 Å². The minimum atomic E-state index is 0.527. The normalized spacial score (nSPS) is 21.2. The highest BCUT2D eigenvalue weighted by atomic mass is 16.5. The summed E-state index contributed by atoms with van der Waals surface area (Å²) in [5.74, 6) is 0.998. The number of aliphatic imine (C=N–C) groups is 1. The summed E-state index contributed by atoms with van der Waals surface area (Å²) in [6.45, 7) is 7.39. The lowest BCUT2D eigenvalue weighted by Crippen LogP contribution is -2.53. The van der Waals surface area contributed by atoms with Crippen LogP contribution in [0.4, 0.5) is 0 Å². The molecule has 3 aliphatic rings. The number of nitrogens with one attached hydrogen (secondary N) is 2. The van der Waals surface area contributed by atoms with Crippen LogP contribution in [0.5, 0.6) is 0 Å². The zero-order valence-electron chi connectivity index (χ0n) is 15.7. The number of morpholine rings is 1. The Kier molecular flexibility index (Phi) is 5.71. The monoisotopic (exact) mass is 373 g/mol. The Labute approximate surface area is 159 Å². The van der Waals surface area contributed by atoms with Gasteiger partial charge in [-0.3, -0.25) is 25.6 Å². The van der Waals surface area contributed by atoms with Crippen LogP contribution in [0.15, 0.2) is 41.0 Å². The molecule has 0 aliphatic carbocycles. The molecule has 146 valence electrons. The Hall–Kier alpha value is -2.36. The van der Waals surface area contributed by atoms with E-state index in [0.29, 0.717) is 12.6 Å². The lowest BCUT2D eigenvalue weighted by atomic mass is 10.2. The molecule has 0 spiro atoms. The lowest BCUT2D eigenvalue weighted by Gasteiger charge is -2.39. The van der Waals surface area contributed by atoms with Crippen LogP contribution in [0, 0.1) is 0 Å². The van der Waals surface area contributed by atoms with Gasteiger partial charge in [0.2, 0.25) is 0 Å². The van der Waals surface area contributed by atoms with Crippen molar-refractivity contribution in [3.05, 3.63) is 41.6 Å². The molecule has 27 heavy (non-hydrogen) atoms. The van der Waals surface area contributed by atoms with Gasteiger partial charge in [0.15, 0.2) is 0 Å². The fourth-order valence-corrected chi connectivity index (χ4v) is 3.43. The van der Waals surface area contributed by atoms with Crippen molar-refractivity contribution in [2.45, 2.75) is 6.54 Å². The topological polar surface area (TPSA) is 77.5 Å². The van der Waals surface area contributed by atoms with E-state index in [1.807, 2.05) is 12.3 Å². The quantitative estimate of drug-likeness (QED) is 0.733. The second kappa shape index (κ2) is 8.55. The van der Waals surface area contributed by atoms with Gasteiger partial charge in [-0.05, 0) is 18.7 Å². The van der Waals surface area contributed by atoms with E-state index < -0.39 is 0 Å². The van der Waals surface area contributed by atoms with E-state index in [1.54, 1.807) is 6.20 Å². The van der Waals surface area contributed by atoms with Crippen LogP contribution in [0.2, 0.25) is 0 Å². The maximum atomic E-state index is 5.84. The van der Waals surface area contributed by atoms with E-state index in [0.717, 1.165) is 69.7 Å². The number of ether oxygens (including phenoxy) is 2. The number of hydrogen-bond acceptors (Lipinski definition) is 9. The Morgan fingerprint density at radius 1 is 1.26 bits per heavy atom. The van der Waals surface area contributed by atoms with Crippen molar-refractivity contribution < 1.29 is 9.47 Å². The predicted molar refractivity (Wildman–Crippen MR) is 101 cm³/mol. The van der Waals surface area contributed by atoms with Crippen LogP contribution in [-0.4, -0.2) is 85.4 Å². The zero-order valence-corrected chi connectivity index (χ0v) is 15.7.